The summed E-state index contributed by atoms with van der Waals surface area (Å²) in [6.45, 7) is 5.93. The van der Waals surface area contributed by atoms with Crippen LogP contribution >= 0.6 is 0 Å². The number of nitrogens with zero attached hydrogens (tertiary/aromatic N) is 1. The Morgan fingerprint density at radius 2 is 2.18 bits per heavy atom. The van der Waals surface area contributed by atoms with Gasteiger partial charge in [-0.25, -0.2) is 4.39 Å². The molecule has 0 N–H and O–H groups in total. The van der Waals surface area contributed by atoms with Gasteiger partial charge in [-0.15, -0.1) is 0 Å². The summed E-state index contributed by atoms with van der Waals surface area (Å²) in [5.41, 5.74) is 1.06. The fraction of sp³-hybridized carbons (Fsp3) is 0.667. The lowest BCUT2D eigenvalue weighted by Crippen LogP contribution is -1.91. The van der Waals surface area contributed by atoms with Crippen molar-refractivity contribution in [3.05, 3.63) is 11.6 Å². The molecule has 0 bridgehead atoms. The maximum absolute atomic E-state index is 12.4. The number of alkyl halides is 1. The van der Waals surface area contributed by atoms with Crippen molar-refractivity contribution in [2.24, 2.45) is 4.99 Å². The van der Waals surface area contributed by atoms with Crippen molar-refractivity contribution in [1.29, 1.82) is 0 Å². The minimum atomic E-state index is -0.973. The van der Waals surface area contributed by atoms with Crippen LogP contribution in [0.2, 0.25) is 0 Å². The Balaban J connectivity index is 0.000000461. The van der Waals surface area contributed by atoms with E-state index >= 15 is 0 Å². The second-order valence-electron chi connectivity index (χ2n) is 2.24. The topological polar surface area (TPSA) is 12.4 Å². The average molecular weight is 157 g/mol. The minimum absolute atomic E-state index is 0.536. The van der Waals surface area contributed by atoms with Crippen LogP contribution in [0.3, 0.4) is 0 Å². The molecule has 0 radical (unpaired) electrons. The molecule has 1 heterocycles. The second kappa shape index (κ2) is 6.08. The molecule has 0 aromatic heterocycles. The monoisotopic (exact) mass is 157 g/mol. The second-order valence-corrected chi connectivity index (χ2v) is 2.24. The van der Waals surface area contributed by atoms with E-state index in [4.69, 9.17) is 0 Å². The van der Waals surface area contributed by atoms with Crippen molar-refractivity contribution in [3.63, 3.8) is 0 Å². The number of halogens is 1. The SMILES string of the molecule is CC.CC1=CCCC(F)N=C1. The first-order valence-electron chi connectivity index (χ1n) is 4.13. The molecule has 1 aliphatic rings. The maximum Gasteiger partial charge on any atom is 0.190 e. The highest BCUT2D eigenvalue weighted by atomic mass is 19.1. The fourth-order valence-electron chi connectivity index (χ4n) is 0.774. The normalized spacial score (nSPS) is 22.9. The first-order chi connectivity index (χ1) is 5.29. The minimum Gasteiger partial charge on any atom is -0.257 e. The molecular formula is C9H16FN. The Labute approximate surface area is 68.0 Å². The number of hydrogen-bond donors (Lipinski definition) is 0. The van der Waals surface area contributed by atoms with Crippen molar-refractivity contribution < 1.29 is 4.39 Å². The zero-order valence-electron chi connectivity index (χ0n) is 7.47. The highest BCUT2D eigenvalue weighted by Gasteiger charge is 2.02. The standard InChI is InChI=1S/C7H10FN.C2H6/c1-6-3-2-4-7(8)9-5-6;1-2/h3,5,7H,2,4H2,1H3;1-2H3. The molecule has 0 aromatic rings. The Kier molecular flexibility index (Phi) is 5.71. The molecule has 64 valence electrons. The van der Waals surface area contributed by atoms with Gasteiger partial charge < -0.3 is 0 Å². The number of hydrogen-bond acceptors (Lipinski definition) is 1. The Morgan fingerprint density at radius 1 is 1.55 bits per heavy atom. The summed E-state index contributed by atoms with van der Waals surface area (Å²) in [5.74, 6) is 0. The zero-order valence-corrected chi connectivity index (χ0v) is 7.47. The summed E-state index contributed by atoms with van der Waals surface area (Å²) in [5, 5.41) is 0. The van der Waals surface area contributed by atoms with E-state index < -0.39 is 6.30 Å². The molecule has 1 aliphatic heterocycles. The number of aliphatic imine (C=N–C) groups is 1. The third-order valence-corrected chi connectivity index (χ3v) is 1.31. The van der Waals surface area contributed by atoms with Gasteiger partial charge in [0.05, 0.1) is 0 Å². The quantitative estimate of drug-likeness (QED) is 0.479. The molecule has 0 saturated carbocycles. The van der Waals surface area contributed by atoms with Gasteiger partial charge in [-0.3, -0.25) is 4.99 Å². The molecule has 0 fully saturated rings. The third-order valence-electron chi connectivity index (χ3n) is 1.31. The molecule has 1 atom stereocenters. The summed E-state index contributed by atoms with van der Waals surface area (Å²) >= 11 is 0. The lowest BCUT2D eigenvalue weighted by Gasteiger charge is -1.93. The van der Waals surface area contributed by atoms with Gasteiger partial charge in [0.2, 0.25) is 0 Å². The smallest absolute Gasteiger partial charge is 0.190 e. The number of rotatable bonds is 0. The van der Waals surface area contributed by atoms with Crippen LogP contribution in [-0.2, 0) is 0 Å². The first-order valence-corrected chi connectivity index (χ1v) is 4.13. The Morgan fingerprint density at radius 3 is 2.82 bits per heavy atom. The molecule has 1 nitrogen and oxygen atoms in total. The van der Waals surface area contributed by atoms with Gasteiger partial charge in [0.1, 0.15) is 0 Å². The summed E-state index contributed by atoms with van der Waals surface area (Å²) in [6, 6.07) is 0. The van der Waals surface area contributed by atoms with E-state index in [-0.39, 0.29) is 0 Å². The number of allylic oxidation sites excluding steroid dienone is 2. The van der Waals surface area contributed by atoms with Crippen LogP contribution in [0, 0.1) is 0 Å². The summed E-state index contributed by atoms with van der Waals surface area (Å²) in [7, 11) is 0. The van der Waals surface area contributed by atoms with Crippen molar-refractivity contribution in [2.45, 2.75) is 39.9 Å². The predicted octanol–water partition coefficient (Wildman–Crippen LogP) is 3.12. The van der Waals surface area contributed by atoms with Crippen LogP contribution < -0.4 is 0 Å². The average Bonchev–Trinajstić information content (AvgIpc) is 2.20. The van der Waals surface area contributed by atoms with Crippen LogP contribution in [0.25, 0.3) is 0 Å². The summed E-state index contributed by atoms with van der Waals surface area (Å²) in [6.07, 6.45) is 3.97. The van der Waals surface area contributed by atoms with Gasteiger partial charge in [0.15, 0.2) is 6.30 Å². The molecule has 0 spiro atoms. The molecule has 0 amide bonds. The first kappa shape index (κ1) is 10.3. The largest absolute Gasteiger partial charge is 0.257 e. The zero-order chi connectivity index (χ0) is 8.69. The van der Waals surface area contributed by atoms with Crippen LogP contribution in [0.15, 0.2) is 16.6 Å². The highest BCUT2D eigenvalue weighted by Crippen LogP contribution is 2.09. The van der Waals surface area contributed by atoms with E-state index in [2.05, 4.69) is 4.99 Å². The van der Waals surface area contributed by atoms with Gasteiger partial charge in [-0.2, -0.15) is 0 Å². The third kappa shape index (κ3) is 4.71. The van der Waals surface area contributed by atoms with Crippen LogP contribution in [0.1, 0.15) is 33.6 Å². The van der Waals surface area contributed by atoms with Crippen molar-refractivity contribution in [2.75, 3.05) is 0 Å². The van der Waals surface area contributed by atoms with Crippen LogP contribution in [-0.4, -0.2) is 12.5 Å². The molecular weight excluding hydrogens is 141 g/mol. The van der Waals surface area contributed by atoms with Gasteiger partial charge in [-0.1, -0.05) is 19.9 Å². The maximum atomic E-state index is 12.4. The van der Waals surface area contributed by atoms with Gasteiger partial charge >= 0.3 is 0 Å². The molecule has 11 heavy (non-hydrogen) atoms. The van der Waals surface area contributed by atoms with Crippen LogP contribution in [0.4, 0.5) is 4.39 Å². The molecule has 2 heteroatoms. The molecule has 0 aromatic carbocycles. The van der Waals surface area contributed by atoms with E-state index in [9.17, 15) is 4.39 Å². The van der Waals surface area contributed by atoms with Crippen molar-refractivity contribution >= 4 is 6.21 Å². The molecule has 0 aliphatic carbocycles. The van der Waals surface area contributed by atoms with E-state index in [1.165, 1.54) is 0 Å². The fourth-order valence-corrected chi connectivity index (χ4v) is 0.774. The summed E-state index contributed by atoms with van der Waals surface area (Å²) < 4.78 is 12.4. The molecule has 1 unspecified atom stereocenters. The van der Waals surface area contributed by atoms with E-state index in [0.717, 1.165) is 12.0 Å². The Bertz CT molecular complexity index is 150. The van der Waals surface area contributed by atoms with E-state index in [1.54, 1.807) is 6.21 Å². The molecule has 1 rings (SSSR count). The van der Waals surface area contributed by atoms with Gasteiger partial charge in [0.25, 0.3) is 0 Å². The Hall–Kier alpha value is -0.660. The van der Waals surface area contributed by atoms with Crippen LogP contribution in [0.5, 0.6) is 0 Å². The lowest BCUT2D eigenvalue weighted by atomic mass is 10.2. The summed E-state index contributed by atoms with van der Waals surface area (Å²) in [4.78, 5) is 3.64. The highest BCUT2D eigenvalue weighted by molar-refractivity contribution is 5.77. The predicted molar refractivity (Wildman–Crippen MR) is 47.7 cm³/mol. The van der Waals surface area contributed by atoms with E-state index in [0.29, 0.717) is 6.42 Å². The lowest BCUT2D eigenvalue weighted by molar-refractivity contribution is 0.331. The van der Waals surface area contributed by atoms with Gasteiger partial charge in [0, 0.05) is 12.6 Å². The van der Waals surface area contributed by atoms with E-state index in [1.807, 2.05) is 26.8 Å². The molecule has 0 saturated heterocycles. The van der Waals surface area contributed by atoms with Crippen molar-refractivity contribution in [1.82, 2.24) is 0 Å². The van der Waals surface area contributed by atoms with Gasteiger partial charge in [-0.05, 0) is 18.9 Å². The van der Waals surface area contributed by atoms with Crippen molar-refractivity contribution in [3.8, 4) is 0 Å².